The molecule has 24 heavy (non-hydrogen) atoms. The third kappa shape index (κ3) is 5.21. The van der Waals surface area contributed by atoms with Crippen LogP contribution in [0.2, 0.25) is 0 Å². The fourth-order valence-corrected chi connectivity index (χ4v) is 2.26. The van der Waals surface area contributed by atoms with Gasteiger partial charge >= 0.3 is 0 Å². The van der Waals surface area contributed by atoms with Gasteiger partial charge in [0.1, 0.15) is 0 Å². The van der Waals surface area contributed by atoms with Crippen molar-refractivity contribution in [3.8, 4) is 0 Å². The van der Waals surface area contributed by atoms with Crippen molar-refractivity contribution in [2.75, 3.05) is 30.9 Å². The van der Waals surface area contributed by atoms with Gasteiger partial charge in [-0.1, -0.05) is 30.3 Å². The predicted octanol–water partition coefficient (Wildman–Crippen LogP) is 2.44. The summed E-state index contributed by atoms with van der Waals surface area (Å²) in [6.07, 6.45) is 0.748. The summed E-state index contributed by atoms with van der Waals surface area (Å²) in [6.45, 7) is 0.643. The summed E-state index contributed by atoms with van der Waals surface area (Å²) in [7, 11) is 3.58. The molecule has 0 aromatic heterocycles. The molecule has 0 aliphatic carbocycles. The second-order valence-corrected chi connectivity index (χ2v) is 5.56. The number of rotatable bonds is 7. The SMILES string of the molecule is CNCCC(=O)Nc1ccc(CC(=O)N(C)c2ccccc2)cc1. The highest BCUT2D eigenvalue weighted by Gasteiger charge is 2.11. The van der Waals surface area contributed by atoms with E-state index in [2.05, 4.69) is 10.6 Å². The van der Waals surface area contributed by atoms with Gasteiger partial charge in [-0.15, -0.1) is 0 Å². The molecule has 0 saturated carbocycles. The largest absolute Gasteiger partial charge is 0.326 e. The molecular weight excluding hydrogens is 302 g/mol. The van der Waals surface area contributed by atoms with Gasteiger partial charge in [0, 0.05) is 31.4 Å². The molecule has 0 saturated heterocycles. The summed E-state index contributed by atoms with van der Waals surface area (Å²) in [5, 5.41) is 5.77. The molecule has 2 N–H and O–H groups in total. The smallest absolute Gasteiger partial charge is 0.231 e. The van der Waals surface area contributed by atoms with Crippen LogP contribution in [-0.2, 0) is 16.0 Å². The second-order valence-electron chi connectivity index (χ2n) is 5.56. The molecule has 0 heterocycles. The summed E-state index contributed by atoms with van der Waals surface area (Å²) in [4.78, 5) is 25.7. The van der Waals surface area contributed by atoms with Crippen molar-refractivity contribution in [3.05, 3.63) is 60.2 Å². The van der Waals surface area contributed by atoms with Crippen LogP contribution in [0.1, 0.15) is 12.0 Å². The normalized spacial score (nSPS) is 10.2. The Labute approximate surface area is 142 Å². The van der Waals surface area contributed by atoms with Gasteiger partial charge in [-0.05, 0) is 36.9 Å². The van der Waals surface area contributed by atoms with Gasteiger partial charge in [-0.25, -0.2) is 0 Å². The molecule has 2 amide bonds. The highest BCUT2D eigenvalue weighted by atomic mass is 16.2. The summed E-state index contributed by atoms with van der Waals surface area (Å²) < 4.78 is 0. The molecule has 5 heteroatoms. The number of nitrogens with zero attached hydrogens (tertiary/aromatic N) is 1. The topological polar surface area (TPSA) is 61.4 Å². The third-order valence-corrected chi connectivity index (χ3v) is 3.71. The number of benzene rings is 2. The van der Waals surface area contributed by atoms with E-state index in [0.29, 0.717) is 19.4 Å². The van der Waals surface area contributed by atoms with Crippen molar-refractivity contribution in [1.29, 1.82) is 0 Å². The minimum Gasteiger partial charge on any atom is -0.326 e. The number of hydrogen-bond donors (Lipinski definition) is 2. The lowest BCUT2D eigenvalue weighted by Gasteiger charge is -2.17. The van der Waals surface area contributed by atoms with E-state index in [0.717, 1.165) is 16.9 Å². The fraction of sp³-hybridized carbons (Fsp3) is 0.263. The van der Waals surface area contributed by atoms with Crippen molar-refractivity contribution in [3.63, 3.8) is 0 Å². The minimum absolute atomic E-state index is 0.0204. The third-order valence-electron chi connectivity index (χ3n) is 3.71. The number of carbonyl (C=O) groups is 2. The Kier molecular flexibility index (Phi) is 6.51. The Morgan fingerprint density at radius 1 is 1.00 bits per heavy atom. The number of amides is 2. The first-order chi connectivity index (χ1) is 11.6. The maximum absolute atomic E-state index is 12.3. The quantitative estimate of drug-likeness (QED) is 0.822. The molecule has 0 aliphatic heterocycles. The van der Waals surface area contributed by atoms with Crippen LogP contribution in [0, 0.1) is 0 Å². The monoisotopic (exact) mass is 325 g/mol. The van der Waals surface area contributed by atoms with Crippen molar-refractivity contribution in [2.45, 2.75) is 12.8 Å². The molecule has 0 aliphatic rings. The number of carbonyl (C=O) groups excluding carboxylic acids is 2. The summed E-state index contributed by atoms with van der Waals surface area (Å²) in [5.74, 6) is -0.0102. The van der Waals surface area contributed by atoms with Gasteiger partial charge in [-0.3, -0.25) is 9.59 Å². The maximum atomic E-state index is 12.3. The Bertz CT molecular complexity index is 669. The Balaban J connectivity index is 1.91. The number of nitrogens with one attached hydrogen (secondary N) is 2. The molecule has 2 aromatic carbocycles. The zero-order valence-electron chi connectivity index (χ0n) is 14.1. The fourth-order valence-electron chi connectivity index (χ4n) is 2.26. The highest BCUT2D eigenvalue weighted by molar-refractivity contribution is 5.94. The van der Waals surface area contributed by atoms with Crippen molar-refractivity contribution < 1.29 is 9.59 Å². The first-order valence-corrected chi connectivity index (χ1v) is 7.95. The average molecular weight is 325 g/mol. The van der Waals surface area contributed by atoms with Gasteiger partial charge in [0.2, 0.25) is 11.8 Å². The van der Waals surface area contributed by atoms with Crippen LogP contribution in [-0.4, -0.2) is 32.5 Å². The van der Waals surface area contributed by atoms with E-state index in [1.807, 2.05) is 61.6 Å². The van der Waals surface area contributed by atoms with Gasteiger partial charge in [0.05, 0.1) is 6.42 Å². The van der Waals surface area contributed by atoms with Crippen LogP contribution in [0.4, 0.5) is 11.4 Å². The molecule has 5 nitrogen and oxygen atoms in total. The van der Waals surface area contributed by atoms with E-state index in [1.54, 1.807) is 11.9 Å². The van der Waals surface area contributed by atoms with E-state index in [-0.39, 0.29) is 11.8 Å². The van der Waals surface area contributed by atoms with Crippen molar-refractivity contribution in [1.82, 2.24) is 5.32 Å². The van der Waals surface area contributed by atoms with E-state index < -0.39 is 0 Å². The Morgan fingerprint density at radius 2 is 1.67 bits per heavy atom. The van der Waals surface area contributed by atoms with Gasteiger partial charge in [-0.2, -0.15) is 0 Å². The lowest BCUT2D eigenvalue weighted by molar-refractivity contribution is -0.118. The molecule has 2 rings (SSSR count). The van der Waals surface area contributed by atoms with Crippen LogP contribution in [0.5, 0.6) is 0 Å². The number of anilines is 2. The molecule has 0 fully saturated rings. The highest BCUT2D eigenvalue weighted by Crippen LogP contribution is 2.15. The summed E-state index contributed by atoms with van der Waals surface area (Å²) >= 11 is 0. The zero-order chi connectivity index (χ0) is 17.4. The zero-order valence-corrected chi connectivity index (χ0v) is 14.1. The molecule has 0 unspecified atom stereocenters. The molecular formula is C19H23N3O2. The Morgan fingerprint density at radius 3 is 2.29 bits per heavy atom. The van der Waals surface area contributed by atoms with Crippen LogP contribution in [0.15, 0.2) is 54.6 Å². The summed E-state index contributed by atoms with van der Waals surface area (Å²) in [5.41, 5.74) is 2.52. The van der Waals surface area contributed by atoms with Crippen LogP contribution in [0.3, 0.4) is 0 Å². The van der Waals surface area contributed by atoms with E-state index in [9.17, 15) is 9.59 Å². The standard InChI is InChI=1S/C19H23N3O2/c1-20-13-12-18(23)21-16-10-8-15(9-11-16)14-19(24)22(2)17-6-4-3-5-7-17/h3-11,20H,12-14H2,1-2H3,(H,21,23). The average Bonchev–Trinajstić information content (AvgIpc) is 2.61. The maximum Gasteiger partial charge on any atom is 0.231 e. The Hall–Kier alpha value is -2.66. The molecule has 126 valence electrons. The molecule has 2 aromatic rings. The molecule has 0 spiro atoms. The summed E-state index contributed by atoms with van der Waals surface area (Å²) in [6, 6.07) is 16.9. The van der Waals surface area contributed by atoms with Crippen molar-refractivity contribution >= 4 is 23.2 Å². The lowest BCUT2D eigenvalue weighted by Crippen LogP contribution is -2.27. The number of likely N-dealkylation sites (N-methyl/N-ethyl adjacent to an activating group) is 1. The van der Waals surface area contributed by atoms with Crippen LogP contribution in [0.25, 0.3) is 0 Å². The van der Waals surface area contributed by atoms with E-state index in [1.165, 1.54) is 0 Å². The van der Waals surface area contributed by atoms with Gasteiger partial charge in [0.25, 0.3) is 0 Å². The molecule has 0 atom stereocenters. The van der Waals surface area contributed by atoms with E-state index in [4.69, 9.17) is 0 Å². The van der Waals surface area contributed by atoms with Gasteiger partial charge < -0.3 is 15.5 Å². The van der Waals surface area contributed by atoms with Crippen LogP contribution >= 0.6 is 0 Å². The van der Waals surface area contributed by atoms with E-state index >= 15 is 0 Å². The number of para-hydroxylation sites is 1. The second kappa shape index (κ2) is 8.84. The predicted molar refractivity (Wildman–Crippen MR) is 97.2 cm³/mol. The van der Waals surface area contributed by atoms with Gasteiger partial charge in [0.15, 0.2) is 0 Å². The number of hydrogen-bond acceptors (Lipinski definition) is 3. The van der Waals surface area contributed by atoms with Crippen LogP contribution < -0.4 is 15.5 Å². The lowest BCUT2D eigenvalue weighted by atomic mass is 10.1. The molecule has 0 bridgehead atoms. The first kappa shape index (κ1) is 17.7. The van der Waals surface area contributed by atoms with Crippen molar-refractivity contribution in [2.24, 2.45) is 0 Å². The minimum atomic E-state index is -0.0306. The molecule has 0 radical (unpaired) electrons. The first-order valence-electron chi connectivity index (χ1n) is 7.95.